The number of benzene rings is 1. The van der Waals surface area contributed by atoms with Gasteiger partial charge in [0, 0.05) is 30.2 Å². The maximum atomic E-state index is 11.5. The summed E-state index contributed by atoms with van der Waals surface area (Å²) in [6.07, 6.45) is 2.28. The number of nitrogens with zero attached hydrogens (tertiary/aromatic N) is 1. The van der Waals surface area contributed by atoms with Gasteiger partial charge < -0.3 is 19.2 Å². The molecule has 0 aliphatic carbocycles. The molecule has 0 radical (unpaired) electrons. The van der Waals surface area contributed by atoms with Gasteiger partial charge in [-0.25, -0.2) is 9.00 Å². The van der Waals surface area contributed by atoms with Gasteiger partial charge in [-0.2, -0.15) is 0 Å². The van der Waals surface area contributed by atoms with Crippen LogP contribution in [0.2, 0.25) is 0 Å². The van der Waals surface area contributed by atoms with Gasteiger partial charge in [0.05, 0.1) is 4.90 Å². The van der Waals surface area contributed by atoms with E-state index in [1.54, 1.807) is 12.1 Å². The van der Waals surface area contributed by atoms with Crippen LogP contribution in [0.5, 0.6) is 0 Å². The van der Waals surface area contributed by atoms with Crippen molar-refractivity contribution in [1.82, 2.24) is 9.88 Å². The van der Waals surface area contributed by atoms with Crippen LogP contribution < -0.4 is 5.32 Å². The van der Waals surface area contributed by atoms with Gasteiger partial charge in [0.2, 0.25) is 0 Å². The summed E-state index contributed by atoms with van der Waals surface area (Å²) in [7, 11) is 0. The van der Waals surface area contributed by atoms with Gasteiger partial charge in [-0.15, -0.1) is 0 Å². The fraction of sp³-hybridized carbons (Fsp3) is 0.438. The molecule has 2 aromatic rings. The fourth-order valence-corrected chi connectivity index (χ4v) is 2.65. The summed E-state index contributed by atoms with van der Waals surface area (Å²) in [5.41, 5.74) is 0.502. The Morgan fingerprint density at radius 2 is 2.09 bits per heavy atom. The smallest absolute Gasteiger partial charge is 0.407 e. The SMILES string of the molecule is CC(C)(C)OC(=O)NCCCn1ccc2cc(S(=O)O)ccc21. The van der Waals surface area contributed by atoms with E-state index >= 15 is 0 Å². The molecule has 0 aliphatic rings. The van der Waals surface area contributed by atoms with Gasteiger partial charge in [-0.3, -0.25) is 0 Å². The molecular formula is C16H22N2O4S. The predicted octanol–water partition coefficient (Wildman–Crippen LogP) is 3.14. The molecule has 1 amide bonds. The van der Waals surface area contributed by atoms with Crippen molar-refractivity contribution in [2.45, 2.75) is 44.2 Å². The highest BCUT2D eigenvalue weighted by Crippen LogP contribution is 2.19. The molecular weight excluding hydrogens is 316 g/mol. The standard InChI is InChI=1S/C16H22N2O4S/c1-16(2,3)22-15(19)17-8-4-9-18-10-7-12-11-13(23(20)21)5-6-14(12)18/h5-7,10-11H,4,8-9H2,1-3H3,(H,17,19)(H,20,21). The molecule has 0 saturated heterocycles. The lowest BCUT2D eigenvalue weighted by Crippen LogP contribution is -2.33. The van der Waals surface area contributed by atoms with Crippen molar-refractivity contribution >= 4 is 28.1 Å². The Hall–Kier alpha value is -1.86. The maximum absolute atomic E-state index is 11.5. The molecule has 1 aromatic carbocycles. The first-order chi connectivity index (χ1) is 10.8. The van der Waals surface area contributed by atoms with Crippen molar-refractivity contribution in [3.8, 4) is 0 Å². The number of carbonyl (C=O) groups excluding carboxylic acids is 1. The van der Waals surface area contributed by atoms with E-state index in [0.29, 0.717) is 11.4 Å². The lowest BCUT2D eigenvalue weighted by molar-refractivity contribution is 0.0526. The molecule has 0 bridgehead atoms. The number of hydrogen-bond donors (Lipinski definition) is 2. The Labute approximate surface area is 138 Å². The van der Waals surface area contributed by atoms with Crippen molar-refractivity contribution in [1.29, 1.82) is 0 Å². The zero-order chi connectivity index (χ0) is 17.0. The second kappa shape index (κ2) is 7.14. The summed E-state index contributed by atoms with van der Waals surface area (Å²) >= 11 is -1.97. The van der Waals surface area contributed by atoms with Crippen LogP contribution in [0.25, 0.3) is 10.9 Å². The number of rotatable bonds is 5. The summed E-state index contributed by atoms with van der Waals surface area (Å²) in [6.45, 7) is 6.73. The van der Waals surface area contributed by atoms with Crippen molar-refractivity contribution in [3.63, 3.8) is 0 Å². The molecule has 23 heavy (non-hydrogen) atoms. The van der Waals surface area contributed by atoms with E-state index in [0.717, 1.165) is 23.9 Å². The normalized spacial score (nSPS) is 13.0. The van der Waals surface area contributed by atoms with E-state index in [-0.39, 0.29) is 0 Å². The van der Waals surface area contributed by atoms with Gasteiger partial charge >= 0.3 is 6.09 Å². The largest absolute Gasteiger partial charge is 0.444 e. The van der Waals surface area contributed by atoms with E-state index in [1.165, 1.54) is 0 Å². The first kappa shape index (κ1) is 17.5. The first-order valence-corrected chi connectivity index (χ1v) is 8.53. The van der Waals surface area contributed by atoms with Crippen LogP contribution in [0, 0.1) is 0 Å². The molecule has 2 N–H and O–H groups in total. The number of carbonyl (C=O) groups is 1. The molecule has 0 saturated carbocycles. The summed E-state index contributed by atoms with van der Waals surface area (Å²) in [5, 5.41) is 3.65. The number of amides is 1. The molecule has 0 aliphatic heterocycles. The van der Waals surface area contributed by atoms with E-state index in [9.17, 15) is 9.00 Å². The van der Waals surface area contributed by atoms with Crippen LogP contribution in [-0.4, -0.2) is 31.6 Å². The highest BCUT2D eigenvalue weighted by atomic mass is 32.2. The van der Waals surface area contributed by atoms with E-state index < -0.39 is 22.8 Å². The van der Waals surface area contributed by atoms with E-state index in [2.05, 4.69) is 9.88 Å². The first-order valence-electron chi connectivity index (χ1n) is 7.43. The summed E-state index contributed by atoms with van der Waals surface area (Å²) in [6, 6.07) is 7.10. The minimum Gasteiger partial charge on any atom is -0.444 e. The molecule has 1 atom stereocenters. The minimum absolute atomic E-state index is 0.391. The number of hydrogen-bond acceptors (Lipinski definition) is 3. The summed E-state index contributed by atoms with van der Waals surface area (Å²) in [4.78, 5) is 11.9. The third kappa shape index (κ3) is 5.07. The molecule has 1 aromatic heterocycles. The van der Waals surface area contributed by atoms with Gasteiger partial charge in [0.25, 0.3) is 0 Å². The zero-order valence-electron chi connectivity index (χ0n) is 13.5. The topological polar surface area (TPSA) is 80.6 Å². The maximum Gasteiger partial charge on any atom is 0.407 e. The van der Waals surface area contributed by atoms with Crippen molar-refractivity contribution < 1.29 is 18.3 Å². The number of fused-ring (bicyclic) bond motifs is 1. The highest BCUT2D eigenvalue weighted by molar-refractivity contribution is 7.79. The lowest BCUT2D eigenvalue weighted by Gasteiger charge is -2.19. The monoisotopic (exact) mass is 338 g/mol. The number of aromatic nitrogens is 1. The second-order valence-corrected chi connectivity index (χ2v) is 7.23. The third-order valence-corrected chi connectivity index (χ3v) is 3.85. The van der Waals surface area contributed by atoms with E-state index in [4.69, 9.17) is 9.29 Å². The lowest BCUT2D eigenvalue weighted by atomic mass is 10.2. The van der Waals surface area contributed by atoms with Gasteiger partial charge in [-0.1, -0.05) is 0 Å². The van der Waals surface area contributed by atoms with Crippen molar-refractivity contribution in [3.05, 3.63) is 30.5 Å². The minimum atomic E-state index is -1.97. The van der Waals surface area contributed by atoms with Crippen LogP contribution in [0.1, 0.15) is 27.2 Å². The number of nitrogens with one attached hydrogen (secondary N) is 1. The number of aryl methyl sites for hydroxylation is 1. The number of alkyl carbamates (subject to hydrolysis) is 1. The van der Waals surface area contributed by atoms with E-state index in [1.807, 2.05) is 39.1 Å². The van der Waals surface area contributed by atoms with Crippen molar-refractivity contribution in [2.24, 2.45) is 0 Å². The van der Waals surface area contributed by atoms with Gasteiger partial charge in [0.15, 0.2) is 11.1 Å². The summed E-state index contributed by atoms with van der Waals surface area (Å²) < 4.78 is 27.4. The van der Waals surface area contributed by atoms with Gasteiger partial charge in [-0.05, 0) is 51.5 Å². The average Bonchev–Trinajstić information content (AvgIpc) is 2.84. The average molecular weight is 338 g/mol. The summed E-state index contributed by atoms with van der Waals surface area (Å²) in [5.74, 6) is 0. The van der Waals surface area contributed by atoms with Crippen LogP contribution in [0.4, 0.5) is 4.79 Å². The quantitative estimate of drug-likeness (QED) is 0.648. The molecule has 6 nitrogen and oxygen atoms in total. The Kier molecular flexibility index (Phi) is 5.43. The molecule has 2 rings (SSSR count). The molecule has 0 spiro atoms. The number of ether oxygens (including phenoxy) is 1. The van der Waals surface area contributed by atoms with Crippen LogP contribution in [0.15, 0.2) is 35.4 Å². The zero-order valence-corrected chi connectivity index (χ0v) is 14.4. The second-order valence-electron chi connectivity index (χ2n) is 6.26. The van der Waals surface area contributed by atoms with Crippen LogP contribution in [-0.2, 0) is 22.4 Å². The van der Waals surface area contributed by atoms with Crippen LogP contribution >= 0.6 is 0 Å². The van der Waals surface area contributed by atoms with Crippen molar-refractivity contribution in [2.75, 3.05) is 6.54 Å². The molecule has 7 heteroatoms. The fourth-order valence-electron chi connectivity index (χ4n) is 2.24. The van der Waals surface area contributed by atoms with Gasteiger partial charge in [0.1, 0.15) is 5.60 Å². The van der Waals surface area contributed by atoms with Crippen LogP contribution in [0.3, 0.4) is 0 Å². The molecule has 1 heterocycles. The Bertz CT molecular complexity index is 718. The molecule has 0 fully saturated rings. The predicted molar refractivity (Wildman–Crippen MR) is 89.8 cm³/mol. The highest BCUT2D eigenvalue weighted by Gasteiger charge is 2.15. The molecule has 126 valence electrons. The third-order valence-electron chi connectivity index (χ3n) is 3.19. The Morgan fingerprint density at radius 3 is 2.74 bits per heavy atom. The Morgan fingerprint density at radius 1 is 1.35 bits per heavy atom. The Balaban J connectivity index is 1.88. The molecule has 1 unspecified atom stereocenters.